The van der Waals surface area contributed by atoms with Crippen LogP contribution in [0.25, 0.3) is 0 Å². The van der Waals surface area contributed by atoms with Gasteiger partial charge >= 0.3 is 5.97 Å². The number of benzene rings is 2. The molecule has 0 fully saturated rings. The molecule has 0 unspecified atom stereocenters. The molecule has 0 aliphatic carbocycles. The Labute approximate surface area is 184 Å². The maximum Gasteiger partial charge on any atom is 0.338 e. The van der Waals surface area contributed by atoms with Crippen molar-refractivity contribution in [3.05, 3.63) is 56.6 Å². The number of amides is 1. The summed E-state index contributed by atoms with van der Waals surface area (Å²) >= 11 is 6.22. The van der Waals surface area contributed by atoms with Crippen molar-refractivity contribution >= 4 is 34.9 Å². The van der Waals surface area contributed by atoms with E-state index in [4.69, 9.17) is 25.8 Å². The van der Waals surface area contributed by atoms with Gasteiger partial charge in [0, 0.05) is 6.07 Å². The molecule has 0 atom stereocenters. The van der Waals surface area contributed by atoms with E-state index in [1.807, 2.05) is 13.8 Å². The molecule has 0 radical (unpaired) electrons. The van der Waals surface area contributed by atoms with E-state index >= 15 is 0 Å². The zero-order valence-corrected chi connectivity index (χ0v) is 18.3. The molecule has 10 heteroatoms. The van der Waals surface area contributed by atoms with Crippen molar-refractivity contribution in [1.29, 1.82) is 0 Å². The lowest BCUT2D eigenvalue weighted by Gasteiger charge is -2.15. The highest BCUT2D eigenvalue weighted by Gasteiger charge is 2.20. The van der Waals surface area contributed by atoms with Crippen LogP contribution in [0.5, 0.6) is 11.5 Å². The molecule has 2 aromatic carbocycles. The molecule has 0 aromatic heterocycles. The number of nitro benzene ring substituents is 1. The van der Waals surface area contributed by atoms with Crippen LogP contribution < -0.4 is 14.8 Å². The van der Waals surface area contributed by atoms with Gasteiger partial charge in [0.05, 0.1) is 29.2 Å². The van der Waals surface area contributed by atoms with Gasteiger partial charge in [0.15, 0.2) is 18.1 Å². The van der Waals surface area contributed by atoms with Gasteiger partial charge < -0.3 is 19.5 Å². The molecule has 0 saturated carbocycles. The van der Waals surface area contributed by atoms with Gasteiger partial charge in [-0.1, -0.05) is 37.6 Å². The second-order valence-electron chi connectivity index (χ2n) is 7.04. The summed E-state index contributed by atoms with van der Waals surface area (Å²) in [6.07, 6.45) is 0. The van der Waals surface area contributed by atoms with Crippen molar-refractivity contribution < 1.29 is 28.7 Å². The second kappa shape index (κ2) is 10.6. The van der Waals surface area contributed by atoms with Crippen LogP contribution in [0.2, 0.25) is 5.02 Å². The highest BCUT2D eigenvalue weighted by Crippen LogP contribution is 2.37. The average Bonchev–Trinajstić information content (AvgIpc) is 2.71. The zero-order valence-electron chi connectivity index (χ0n) is 17.6. The molecule has 1 amide bonds. The van der Waals surface area contributed by atoms with Crippen LogP contribution in [0.3, 0.4) is 0 Å². The SMILES string of the molecule is COc1cc(C(=O)OCC(=O)Nc2c(C)cccc2[N+](=O)[O-])cc(Cl)c1OCC(C)C. The molecule has 0 heterocycles. The van der Waals surface area contributed by atoms with Crippen molar-refractivity contribution in [2.24, 2.45) is 5.92 Å². The topological polar surface area (TPSA) is 117 Å². The van der Waals surface area contributed by atoms with Crippen LogP contribution in [0.4, 0.5) is 11.4 Å². The molecule has 166 valence electrons. The van der Waals surface area contributed by atoms with Crippen molar-refractivity contribution in [3.63, 3.8) is 0 Å². The number of nitro groups is 1. The zero-order chi connectivity index (χ0) is 23.1. The minimum absolute atomic E-state index is 0.0462. The summed E-state index contributed by atoms with van der Waals surface area (Å²) in [5.41, 5.74) is 0.355. The summed E-state index contributed by atoms with van der Waals surface area (Å²) in [5.74, 6) is -0.724. The average molecular weight is 451 g/mol. The third-order valence-electron chi connectivity index (χ3n) is 4.07. The van der Waals surface area contributed by atoms with Gasteiger partial charge in [-0.3, -0.25) is 14.9 Å². The van der Waals surface area contributed by atoms with E-state index in [2.05, 4.69) is 5.32 Å². The van der Waals surface area contributed by atoms with Crippen molar-refractivity contribution in [1.82, 2.24) is 0 Å². The minimum Gasteiger partial charge on any atom is -0.493 e. The molecule has 0 spiro atoms. The highest BCUT2D eigenvalue weighted by atomic mass is 35.5. The maximum absolute atomic E-state index is 12.4. The molecule has 2 rings (SSSR count). The predicted molar refractivity (Wildman–Crippen MR) is 115 cm³/mol. The molecule has 2 aromatic rings. The van der Waals surface area contributed by atoms with E-state index in [0.29, 0.717) is 17.9 Å². The summed E-state index contributed by atoms with van der Waals surface area (Å²) in [4.78, 5) is 35.1. The van der Waals surface area contributed by atoms with E-state index in [9.17, 15) is 19.7 Å². The Morgan fingerprint density at radius 3 is 2.58 bits per heavy atom. The number of para-hydroxylation sites is 1. The van der Waals surface area contributed by atoms with Crippen LogP contribution in [0, 0.1) is 23.0 Å². The van der Waals surface area contributed by atoms with Gasteiger partial charge in [0.25, 0.3) is 11.6 Å². The third kappa shape index (κ3) is 6.32. The Bertz CT molecular complexity index is 992. The van der Waals surface area contributed by atoms with E-state index in [-0.39, 0.29) is 33.6 Å². The Morgan fingerprint density at radius 2 is 1.97 bits per heavy atom. The van der Waals surface area contributed by atoms with Crippen molar-refractivity contribution in [2.75, 3.05) is 25.6 Å². The monoisotopic (exact) mass is 450 g/mol. The Balaban J connectivity index is 2.08. The molecule has 0 aliphatic heterocycles. The molecular weight excluding hydrogens is 428 g/mol. The first-order valence-electron chi connectivity index (χ1n) is 9.35. The van der Waals surface area contributed by atoms with Gasteiger partial charge in [-0.2, -0.15) is 0 Å². The first-order chi connectivity index (χ1) is 14.6. The number of rotatable bonds is 9. The number of hydrogen-bond donors (Lipinski definition) is 1. The molecule has 0 bridgehead atoms. The molecule has 0 aliphatic rings. The standard InChI is InChI=1S/C21H23ClN2O7/c1-12(2)10-30-20-15(22)8-14(9-17(20)29-4)21(26)31-11-18(25)23-19-13(3)6-5-7-16(19)24(27)28/h5-9,12H,10-11H2,1-4H3,(H,23,25). The lowest BCUT2D eigenvalue weighted by molar-refractivity contribution is -0.384. The summed E-state index contributed by atoms with van der Waals surface area (Å²) in [6.45, 7) is 5.33. The van der Waals surface area contributed by atoms with E-state index in [1.165, 1.54) is 31.4 Å². The number of hydrogen-bond acceptors (Lipinski definition) is 7. The molecule has 1 N–H and O–H groups in total. The smallest absolute Gasteiger partial charge is 0.338 e. The third-order valence-corrected chi connectivity index (χ3v) is 4.35. The number of nitrogens with zero attached hydrogens (tertiary/aromatic N) is 1. The Hall–Kier alpha value is -3.33. The van der Waals surface area contributed by atoms with Crippen LogP contribution in [-0.4, -0.2) is 37.1 Å². The van der Waals surface area contributed by atoms with Crippen LogP contribution in [0.1, 0.15) is 29.8 Å². The largest absolute Gasteiger partial charge is 0.493 e. The molecule has 31 heavy (non-hydrogen) atoms. The van der Waals surface area contributed by atoms with Crippen molar-refractivity contribution in [3.8, 4) is 11.5 Å². The summed E-state index contributed by atoms with van der Waals surface area (Å²) < 4.78 is 15.9. The molecule has 9 nitrogen and oxygen atoms in total. The number of methoxy groups -OCH3 is 1. The van der Waals surface area contributed by atoms with E-state index in [1.54, 1.807) is 13.0 Å². The normalized spacial score (nSPS) is 10.5. The van der Waals surface area contributed by atoms with Gasteiger partial charge in [0.1, 0.15) is 5.69 Å². The number of halogens is 1. The van der Waals surface area contributed by atoms with Gasteiger partial charge in [-0.25, -0.2) is 4.79 Å². The number of aryl methyl sites for hydroxylation is 1. The van der Waals surface area contributed by atoms with Gasteiger partial charge in [-0.15, -0.1) is 0 Å². The quantitative estimate of drug-likeness (QED) is 0.342. The molecular formula is C21H23ClN2O7. The fourth-order valence-corrected chi connectivity index (χ4v) is 2.85. The minimum atomic E-state index is -0.815. The second-order valence-corrected chi connectivity index (χ2v) is 7.45. The van der Waals surface area contributed by atoms with Crippen LogP contribution in [-0.2, 0) is 9.53 Å². The fourth-order valence-electron chi connectivity index (χ4n) is 2.58. The number of carbonyl (C=O) groups excluding carboxylic acids is 2. The number of carbonyl (C=O) groups is 2. The van der Waals surface area contributed by atoms with Gasteiger partial charge in [-0.05, 0) is 30.5 Å². The first-order valence-corrected chi connectivity index (χ1v) is 9.73. The number of nitrogens with one attached hydrogen (secondary N) is 1. The number of anilines is 1. The van der Waals surface area contributed by atoms with Crippen LogP contribution in [0.15, 0.2) is 30.3 Å². The number of esters is 1. The summed E-state index contributed by atoms with van der Waals surface area (Å²) in [7, 11) is 1.41. The number of ether oxygens (including phenoxy) is 3. The lowest BCUT2D eigenvalue weighted by Crippen LogP contribution is -2.22. The fraction of sp³-hybridized carbons (Fsp3) is 0.333. The first kappa shape index (κ1) is 23.9. The predicted octanol–water partition coefficient (Wildman–Crippen LogP) is 4.40. The maximum atomic E-state index is 12.4. The van der Waals surface area contributed by atoms with Gasteiger partial charge in [0.2, 0.25) is 0 Å². The van der Waals surface area contributed by atoms with E-state index < -0.39 is 23.4 Å². The lowest BCUT2D eigenvalue weighted by atomic mass is 10.1. The summed E-state index contributed by atoms with van der Waals surface area (Å²) in [6, 6.07) is 7.15. The Morgan fingerprint density at radius 1 is 1.26 bits per heavy atom. The van der Waals surface area contributed by atoms with E-state index in [0.717, 1.165) is 0 Å². The van der Waals surface area contributed by atoms with Crippen molar-refractivity contribution in [2.45, 2.75) is 20.8 Å². The van der Waals surface area contributed by atoms with Crippen LogP contribution >= 0.6 is 11.6 Å². The summed E-state index contributed by atoms with van der Waals surface area (Å²) in [5, 5.41) is 13.7. The Kier molecular flexibility index (Phi) is 8.21. The highest BCUT2D eigenvalue weighted by molar-refractivity contribution is 6.32. The molecule has 0 saturated heterocycles.